The third kappa shape index (κ3) is 2.74. The van der Waals surface area contributed by atoms with E-state index in [2.05, 4.69) is 9.69 Å². The molecule has 2 aliphatic rings. The first-order chi connectivity index (χ1) is 16.2. The van der Waals surface area contributed by atoms with Gasteiger partial charge < -0.3 is 0 Å². The standard InChI is InChI=1S/C26H9F3N4S/c1-12-4-6-14-16(8-12)20(18(10-30)32-2)24-22(14)23-15-7-5-13(26(27,28)29)9-17(15)21(25(23)34-24)19(11-31)33-3/h4-9H,1H3/b20-18+,21-19-. The molecule has 0 radical (unpaired) electrons. The maximum Gasteiger partial charge on any atom is 0.416 e. The quantitative estimate of drug-likeness (QED) is 0.176. The van der Waals surface area contributed by atoms with Gasteiger partial charge in [-0.05, 0) is 41.3 Å². The van der Waals surface area contributed by atoms with Crippen LogP contribution in [-0.4, -0.2) is 0 Å². The lowest BCUT2D eigenvalue weighted by Gasteiger charge is -2.10. The summed E-state index contributed by atoms with van der Waals surface area (Å²) in [6.45, 7) is 16.8. The number of rotatable bonds is 0. The van der Waals surface area contributed by atoms with Crippen molar-refractivity contribution in [3.63, 3.8) is 0 Å². The minimum Gasteiger partial charge on any atom is -0.226 e. The number of hydrogen-bond acceptors (Lipinski definition) is 3. The van der Waals surface area contributed by atoms with Gasteiger partial charge in [-0.15, -0.1) is 11.3 Å². The molecule has 5 rings (SSSR count). The molecule has 0 aliphatic heterocycles. The van der Waals surface area contributed by atoms with Crippen LogP contribution in [-0.2, 0) is 6.18 Å². The van der Waals surface area contributed by atoms with E-state index < -0.39 is 11.7 Å². The van der Waals surface area contributed by atoms with Gasteiger partial charge in [-0.1, -0.05) is 29.8 Å². The highest BCUT2D eigenvalue weighted by Crippen LogP contribution is 2.61. The molecule has 34 heavy (non-hydrogen) atoms. The molecular formula is C26H9F3N4S. The number of hydrogen-bond donors (Lipinski definition) is 0. The monoisotopic (exact) mass is 466 g/mol. The van der Waals surface area contributed by atoms with Crippen LogP contribution in [0.25, 0.3) is 43.1 Å². The topological polar surface area (TPSA) is 56.3 Å². The van der Waals surface area contributed by atoms with Gasteiger partial charge in [-0.3, -0.25) is 0 Å². The molecule has 0 bridgehead atoms. The Labute approximate surface area is 196 Å². The van der Waals surface area contributed by atoms with Gasteiger partial charge in [0, 0.05) is 32.0 Å². The number of nitriles is 2. The van der Waals surface area contributed by atoms with Gasteiger partial charge in [0.1, 0.15) is 0 Å². The molecule has 0 atom stereocenters. The summed E-state index contributed by atoms with van der Waals surface area (Å²) in [7, 11) is 0. The molecular weight excluding hydrogens is 457 g/mol. The maximum atomic E-state index is 13.5. The van der Waals surface area contributed by atoms with Crippen molar-refractivity contribution < 1.29 is 13.2 Å². The summed E-state index contributed by atoms with van der Waals surface area (Å²) in [5.74, 6) is 0. The van der Waals surface area contributed by atoms with E-state index in [-0.39, 0.29) is 22.5 Å². The summed E-state index contributed by atoms with van der Waals surface area (Å²) >= 11 is 1.19. The van der Waals surface area contributed by atoms with E-state index in [1.54, 1.807) is 0 Å². The second kappa shape index (κ2) is 7.19. The zero-order valence-corrected chi connectivity index (χ0v) is 18.1. The average Bonchev–Trinajstić information content (AvgIpc) is 3.42. The Morgan fingerprint density at radius 1 is 0.824 bits per heavy atom. The Bertz CT molecular complexity index is 1660. The number of allylic oxidation sites excluding steroid dienone is 2. The van der Waals surface area contributed by atoms with Gasteiger partial charge in [-0.2, -0.15) is 13.2 Å². The van der Waals surface area contributed by atoms with Crippen LogP contribution in [0.2, 0.25) is 0 Å². The average molecular weight is 466 g/mol. The van der Waals surface area contributed by atoms with Crippen molar-refractivity contribution >= 4 is 22.5 Å². The van der Waals surface area contributed by atoms with E-state index in [0.717, 1.165) is 23.3 Å². The first-order valence-electron chi connectivity index (χ1n) is 9.79. The van der Waals surface area contributed by atoms with Crippen LogP contribution in [0.15, 0.2) is 47.8 Å². The predicted octanol–water partition coefficient (Wildman–Crippen LogP) is 7.44. The minimum atomic E-state index is -4.58. The normalized spacial score (nSPS) is 15.6. The van der Waals surface area contributed by atoms with Crippen molar-refractivity contribution in [1.82, 2.24) is 0 Å². The molecule has 0 spiro atoms. The molecule has 1 aromatic heterocycles. The second-order valence-corrected chi connectivity index (χ2v) is 8.73. The molecule has 0 amide bonds. The summed E-state index contributed by atoms with van der Waals surface area (Å²) in [4.78, 5) is 7.83. The van der Waals surface area contributed by atoms with Crippen LogP contribution in [0.3, 0.4) is 0 Å². The number of nitrogens with zero attached hydrogens (tertiary/aromatic N) is 4. The molecule has 4 nitrogen and oxygen atoms in total. The number of aryl methyl sites for hydroxylation is 1. The fourth-order valence-corrected chi connectivity index (χ4v) is 5.96. The number of thiophene rings is 1. The highest BCUT2D eigenvalue weighted by Gasteiger charge is 2.40. The SMILES string of the molecule is [C-]#[N+]/C(C#N)=C1/c2cc(C(F)(F)F)ccc2-c2c1sc1c2-c2ccc(C)cc2/C1=C(/C#N)[N+]#[C-]. The first kappa shape index (κ1) is 21.2. The van der Waals surface area contributed by atoms with E-state index in [0.29, 0.717) is 37.6 Å². The molecule has 2 aromatic carbocycles. The second-order valence-electron chi connectivity index (χ2n) is 7.71. The van der Waals surface area contributed by atoms with Crippen molar-refractivity contribution in [2.24, 2.45) is 0 Å². The summed E-state index contributed by atoms with van der Waals surface area (Å²) in [6.07, 6.45) is -4.58. The largest absolute Gasteiger partial charge is 0.416 e. The van der Waals surface area contributed by atoms with Crippen LogP contribution >= 0.6 is 11.3 Å². The fourth-order valence-electron chi connectivity index (χ4n) is 4.51. The van der Waals surface area contributed by atoms with Crippen molar-refractivity contribution in [1.29, 1.82) is 10.5 Å². The molecule has 3 aromatic rings. The highest BCUT2D eigenvalue weighted by atomic mass is 32.1. The zero-order valence-electron chi connectivity index (χ0n) is 17.3. The molecule has 160 valence electrons. The van der Waals surface area contributed by atoms with E-state index in [1.807, 2.05) is 37.3 Å². The third-order valence-electron chi connectivity index (χ3n) is 5.87. The lowest BCUT2D eigenvalue weighted by molar-refractivity contribution is -0.137. The van der Waals surface area contributed by atoms with E-state index in [9.17, 15) is 23.7 Å². The molecule has 1 heterocycles. The van der Waals surface area contributed by atoms with Crippen LogP contribution in [0.5, 0.6) is 0 Å². The van der Waals surface area contributed by atoms with Gasteiger partial charge in [0.2, 0.25) is 0 Å². The molecule has 0 unspecified atom stereocenters. The molecule has 0 saturated heterocycles. The lowest BCUT2D eigenvalue weighted by atomic mass is 9.97. The first-order valence-corrected chi connectivity index (χ1v) is 10.6. The molecule has 0 fully saturated rings. The highest BCUT2D eigenvalue weighted by molar-refractivity contribution is 7.16. The van der Waals surface area contributed by atoms with Gasteiger partial charge in [0.05, 0.1) is 30.8 Å². The van der Waals surface area contributed by atoms with Crippen molar-refractivity contribution in [3.05, 3.63) is 103 Å². The third-order valence-corrected chi connectivity index (χ3v) is 7.10. The van der Waals surface area contributed by atoms with Gasteiger partial charge in [0.25, 0.3) is 11.4 Å². The lowest BCUT2D eigenvalue weighted by Crippen LogP contribution is -2.05. The Morgan fingerprint density at radius 2 is 1.32 bits per heavy atom. The Morgan fingerprint density at radius 3 is 1.79 bits per heavy atom. The Balaban J connectivity index is 1.95. The summed E-state index contributed by atoms with van der Waals surface area (Å²) in [5.41, 5.74) is 3.78. The summed E-state index contributed by atoms with van der Waals surface area (Å²) < 4.78 is 40.4. The maximum absolute atomic E-state index is 13.5. The molecule has 0 saturated carbocycles. The van der Waals surface area contributed by atoms with Gasteiger partial charge in [-0.25, -0.2) is 20.2 Å². The Hall–Kier alpha value is -4.63. The fraction of sp³-hybridized carbons (Fsp3) is 0.0769. The zero-order chi connectivity index (χ0) is 24.4. The van der Waals surface area contributed by atoms with Crippen LogP contribution < -0.4 is 0 Å². The number of fused-ring (bicyclic) bond motifs is 7. The van der Waals surface area contributed by atoms with Crippen molar-refractivity contribution in [3.8, 4) is 34.4 Å². The Kier molecular flexibility index (Phi) is 4.49. The summed E-state index contributed by atoms with van der Waals surface area (Å²) in [5, 5.41) is 19.2. The number of halogens is 3. The van der Waals surface area contributed by atoms with Gasteiger partial charge in [0.15, 0.2) is 0 Å². The van der Waals surface area contributed by atoms with Crippen molar-refractivity contribution in [2.45, 2.75) is 13.1 Å². The van der Waals surface area contributed by atoms with Gasteiger partial charge >= 0.3 is 6.18 Å². The number of alkyl halides is 3. The van der Waals surface area contributed by atoms with Crippen molar-refractivity contribution in [2.75, 3.05) is 0 Å². The van der Waals surface area contributed by atoms with Crippen LogP contribution in [0.1, 0.15) is 32.0 Å². The summed E-state index contributed by atoms with van der Waals surface area (Å²) in [6, 6.07) is 12.7. The van der Waals surface area contributed by atoms with Crippen LogP contribution in [0, 0.1) is 42.7 Å². The number of benzene rings is 2. The van der Waals surface area contributed by atoms with E-state index >= 15 is 0 Å². The molecule has 8 heteroatoms. The minimum absolute atomic E-state index is 0.0885. The molecule has 2 aliphatic carbocycles. The molecule has 0 N–H and O–H groups in total. The smallest absolute Gasteiger partial charge is 0.226 e. The van der Waals surface area contributed by atoms with E-state index in [4.69, 9.17) is 13.1 Å². The van der Waals surface area contributed by atoms with E-state index in [1.165, 1.54) is 17.4 Å². The predicted molar refractivity (Wildman–Crippen MR) is 121 cm³/mol. The van der Waals surface area contributed by atoms with Crippen LogP contribution in [0.4, 0.5) is 13.2 Å².